The highest BCUT2D eigenvalue weighted by Gasteiger charge is 2.16. The lowest BCUT2D eigenvalue weighted by Gasteiger charge is -2.25. The van der Waals surface area contributed by atoms with Crippen LogP contribution in [0.2, 0.25) is 5.02 Å². The van der Waals surface area contributed by atoms with E-state index in [-0.39, 0.29) is 17.9 Å². The molecule has 0 aliphatic carbocycles. The van der Waals surface area contributed by atoms with Crippen molar-refractivity contribution in [3.05, 3.63) is 34.9 Å². The minimum Gasteiger partial charge on any atom is -0.356 e. The zero-order valence-corrected chi connectivity index (χ0v) is 14.3. The van der Waals surface area contributed by atoms with Gasteiger partial charge in [-0.05, 0) is 37.5 Å². The predicted octanol–water partition coefficient (Wildman–Crippen LogP) is 3.56. The maximum Gasteiger partial charge on any atom is 0.222 e. The first-order valence-corrected chi connectivity index (χ1v) is 8.05. The van der Waals surface area contributed by atoms with Crippen molar-refractivity contribution in [3.8, 4) is 0 Å². The summed E-state index contributed by atoms with van der Waals surface area (Å²) >= 11 is 5.88. The van der Waals surface area contributed by atoms with Crippen molar-refractivity contribution in [1.82, 2.24) is 10.2 Å². The third-order valence-corrected chi connectivity index (χ3v) is 4.02. The minimum atomic E-state index is -0.00685. The Labute approximate surface area is 137 Å². The lowest BCUT2D eigenvalue weighted by Crippen LogP contribution is -2.29. The topological polar surface area (TPSA) is 49.4 Å². The first-order chi connectivity index (χ1) is 10.4. The summed E-state index contributed by atoms with van der Waals surface area (Å²) in [6.45, 7) is 4.20. The van der Waals surface area contributed by atoms with E-state index in [4.69, 9.17) is 11.6 Å². The fourth-order valence-corrected chi connectivity index (χ4v) is 2.33. The Hall–Kier alpha value is -1.55. The van der Waals surface area contributed by atoms with Gasteiger partial charge in [0, 0.05) is 32.0 Å². The van der Waals surface area contributed by atoms with Crippen LogP contribution in [0, 0.1) is 0 Å². The number of amides is 2. The standard InChI is InChI=1S/C17H25ClN2O2/c1-13(15-8-10-16(18)11-9-15)20(3)17(22)7-5-4-6-12-19-14(2)21/h8-11,13H,4-7,12H2,1-3H3,(H,19,21). The molecule has 1 atom stereocenters. The summed E-state index contributed by atoms with van der Waals surface area (Å²) in [5.74, 6) is 0.134. The molecule has 0 fully saturated rings. The molecule has 0 saturated heterocycles. The average molecular weight is 325 g/mol. The Morgan fingerprint density at radius 3 is 2.41 bits per heavy atom. The quantitative estimate of drug-likeness (QED) is 0.743. The largest absolute Gasteiger partial charge is 0.356 e. The lowest BCUT2D eigenvalue weighted by atomic mass is 10.1. The van der Waals surface area contributed by atoms with Crippen LogP contribution in [0.15, 0.2) is 24.3 Å². The number of nitrogens with one attached hydrogen (secondary N) is 1. The fourth-order valence-electron chi connectivity index (χ4n) is 2.20. The van der Waals surface area contributed by atoms with Crippen LogP contribution in [0.1, 0.15) is 51.1 Å². The first-order valence-electron chi connectivity index (χ1n) is 7.67. The number of hydrogen-bond acceptors (Lipinski definition) is 2. The summed E-state index contributed by atoms with van der Waals surface area (Å²) in [4.78, 5) is 24.7. The van der Waals surface area contributed by atoms with E-state index >= 15 is 0 Å². The van der Waals surface area contributed by atoms with Gasteiger partial charge in [-0.2, -0.15) is 0 Å². The Kier molecular flexibility index (Phi) is 7.96. The number of carbonyl (C=O) groups is 2. The molecule has 1 N–H and O–H groups in total. The molecular formula is C17H25ClN2O2. The smallest absolute Gasteiger partial charge is 0.222 e. The number of hydrogen-bond donors (Lipinski definition) is 1. The summed E-state index contributed by atoms with van der Waals surface area (Å²) in [6, 6.07) is 7.61. The Morgan fingerprint density at radius 1 is 1.18 bits per heavy atom. The van der Waals surface area contributed by atoms with E-state index in [0.717, 1.165) is 24.8 Å². The molecule has 1 rings (SSSR count). The van der Waals surface area contributed by atoms with Gasteiger partial charge in [0.2, 0.25) is 11.8 Å². The molecule has 0 heterocycles. The Balaban J connectivity index is 2.32. The molecule has 1 aromatic carbocycles. The van der Waals surface area contributed by atoms with Crippen LogP contribution in [-0.4, -0.2) is 30.3 Å². The molecule has 0 aliphatic rings. The Bertz CT molecular complexity index is 488. The third kappa shape index (κ3) is 6.48. The van der Waals surface area contributed by atoms with Gasteiger partial charge in [0.1, 0.15) is 0 Å². The van der Waals surface area contributed by atoms with Crippen molar-refractivity contribution in [2.24, 2.45) is 0 Å². The van der Waals surface area contributed by atoms with E-state index in [9.17, 15) is 9.59 Å². The van der Waals surface area contributed by atoms with Gasteiger partial charge in [-0.25, -0.2) is 0 Å². The highest BCUT2D eigenvalue weighted by molar-refractivity contribution is 6.30. The van der Waals surface area contributed by atoms with Crippen molar-refractivity contribution in [2.45, 2.75) is 45.6 Å². The number of nitrogens with zero attached hydrogens (tertiary/aromatic N) is 1. The zero-order chi connectivity index (χ0) is 16.5. The maximum absolute atomic E-state index is 12.2. The number of carbonyl (C=O) groups excluding carboxylic acids is 2. The van der Waals surface area contributed by atoms with E-state index in [2.05, 4.69) is 5.32 Å². The van der Waals surface area contributed by atoms with Gasteiger partial charge >= 0.3 is 0 Å². The molecule has 122 valence electrons. The molecule has 0 bridgehead atoms. The number of halogens is 1. The van der Waals surface area contributed by atoms with E-state index in [0.29, 0.717) is 18.0 Å². The highest BCUT2D eigenvalue weighted by Crippen LogP contribution is 2.21. The predicted molar refractivity (Wildman–Crippen MR) is 89.8 cm³/mol. The molecule has 1 unspecified atom stereocenters. The Morgan fingerprint density at radius 2 is 1.82 bits per heavy atom. The average Bonchev–Trinajstić information content (AvgIpc) is 2.49. The summed E-state index contributed by atoms with van der Waals surface area (Å²) in [5.41, 5.74) is 1.07. The van der Waals surface area contributed by atoms with Crippen molar-refractivity contribution in [3.63, 3.8) is 0 Å². The van der Waals surface area contributed by atoms with Gasteiger partial charge in [-0.3, -0.25) is 9.59 Å². The van der Waals surface area contributed by atoms with Gasteiger partial charge in [0.25, 0.3) is 0 Å². The van der Waals surface area contributed by atoms with Crippen LogP contribution >= 0.6 is 11.6 Å². The molecule has 0 spiro atoms. The van der Waals surface area contributed by atoms with Gasteiger partial charge in [0.15, 0.2) is 0 Å². The molecule has 0 aliphatic heterocycles. The van der Waals surface area contributed by atoms with Gasteiger partial charge in [-0.15, -0.1) is 0 Å². The summed E-state index contributed by atoms with van der Waals surface area (Å²) in [6.07, 6.45) is 3.23. The van der Waals surface area contributed by atoms with Crippen LogP contribution in [0.5, 0.6) is 0 Å². The second kappa shape index (κ2) is 9.46. The molecule has 2 amide bonds. The van der Waals surface area contributed by atoms with E-state index in [1.165, 1.54) is 6.92 Å². The van der Waals surface area contributed by atoms with Crippen LogP contribution in [0.3, 0.4) is 0 Å². The second-order valence-electron chi connectivity index (χ2n) is 5.53. The highest BCUT2D eigenvalue weighted by atomic mass is 35.5. The van der Waals surface area contributed by atoms with Crippen molar-refractivity contribution in [1.29, 1.82) is 0 Å². The van der Waals surface area contributed by atoms with Crippen LogP contribution in [0.25, 0.3) is 0 Å². The minimum absolute atomic E-state index is 0.00685. The fraction of sp³-hybridized carbons (Fsp3) is 0.529. The summed E-state index contributed by atoms with van der Waals surface area (Å²) < 4.78 is 0. The number of unbranched alkanes of at least 4 members (excludes halogenated alkanes) is 2. The molecule has 0 radical (unpaired) electrons. The number of rotatable bonds is 8. The SMILES string of the molecule is CC(=O)NCCCCCC(=O)N(C)C(C)c1ccc(Cl)cc1. The van der Waals surface area contributed by atoms with Crippen LogP contribution in [-0.2, 0) is 9.59 Å². The van der Waals surface area contributed by atoms with Crippen LogP contribution in [0.4, 0.5) is 0 Å². The lowest BCUT2D eigenvalue weighted by molar-refractivity contribution is -0.132. The summed E-state index contributed by atoms with van der Waals surface area (Å²) in [5, 5.41) is 3.45. The normalized spacial score (nSPS) is 11.8. The van der Waals surface area contributed by atoms with Gasteiger partial charge in [-0.1, -0.05) is 30.2 Å². The molecule has 4 nitrogen and oxygen atoms in total. The molecule has 22 heavy (non-hydrogen) atoms. The maximum atomic E-state index is 12.2. The third-order valence-electron chi connectivity index (χ3n) is 3.77. The van der Waals surface area contributed by atoms with E-state index in [1.807, 2.05) is 38.2 Å². The van der Waals surface area contributed by atoms with Crippen LogP contribution < -0.4 is 5.32 Å². The monoisotopic (exact) mass is 324 g/mol. The van der Waals surface area contributed by atoms with E-state index < -0.39 is 0 Å². The molecular weight excluding hydrogens is 300 g/mol. The van der Waals surface area contributed by atoms with Crippen molar-refractivity contribution < 1.29 is 9.59 Å². The molecule has 0 aromatic heterocycles. The zero-order valence-electron chi connectivity index (χ0n) is 13.6. The second-order valence-corrected chi connectivity index (χ2v) is 5.96. The van der Waals surface area contributed by atoms with Gasteiger partial charge < -0.3 is 10.2 Å². The van der Waals surface area contributed by atoms with Crippen molar-refractivity contribution >= 4 is 23.4 Å². The molecule has 5 heteroatoms. The molecule has 1 aromatic rings. The molecule has 0 saturated carbocycles. The van der Waals surface area contributed by atoms with E-state index in [1.54, 1.807) is 4.90 Å². The van der Waals surface area contributed by atoms with Gasteiger partial charge in [0.05, 0.1) is 6.04 Å². The van der Waals surface area contributed by atoms with Crippen molar-refractivity contribution in [2.75, 3.05) is 13.6 Å². The first kappa shape index (κ1) is 18.5. The summed E-state index contributed by atoms with van der Waals surface area (Å²) in [7, 11) is 1.83. The number of benzene rings is 1.